The second kappa shape index (κ2) is 13.3. The van der Waals surface area contributed by atoms with Gasteiger partial charge in [0.1, 0.15) is 5.75 Å². The van der Waals surface area contributed by atoms with E-state index in [1.807, 2.05) is 25.1 Å². The molecular weight excluding hydrogens is 648 g/mol. The van der Waals surface area contributed by atoms with Crippen LogP contribution in [0.15, 0.2) is 60.7 Å². The predicted octanol–water partition coefficient (Wildman–Crippen LogP) is 6.80. The van der Waals surface area contributed by atoms with Crippen molar-refractivity contribution in [1.82, 2.24) is 4.72 Å². The van der Waals surface area contributed by atoms with Gasteiger partial charge in [-0.05, 0) is 117 Å². The zero-order valence-electron chi connectivity index (χ0n) is 28.4. The third kappa shape index (κ3) is 6.46. The highest BCUT2D eigenvalue weighted by Crippen LogP contribution is 2.50. The lowest BCUT2D eigenvalue weighted by Gasteiger charge is -2.50. The van der Waals surface area contributed by atoms with Crippen molar-refractivity contribution in [2.75, 3.05) is 31.7 Å². The Hall–Kier alpha value is -3.14. The first-order valence-corrected chi connectivity index (χ1v) is 19.0. The summed E-state index contributed by atoms with van der Waals surface area (Å²) in [4.78, 5) is 29.1. The minimum atomic E-state index is -4.00. The minimum Gasteiger partial charge on any atom is -0.490 e. The standard InChI is InChI=1S/C38H47ClN2O6S/c1-24(2)34(42)20-38(46-5)17-6-8-25(3)26(4)48(44,45)40-36(43)28-11-15-35-33(19-28)41(21-29-10-13-32(29)38)22-37(23-47-35)16-7-9-27-18-30(39)12-14-31(27)37/h6,11-12,14-15,17-19,25-26,29,32H,1,7-10,13,16,20-23H2,2-5H3,(H,40,43)/b17-6+/t25-,26+,29-,32+,37-,38+/m0/s1. The largest absolute Gasteiger partial charge is 0.490 e. The number of halogens is 1. The Bertz CT molecular complexity index is 1760. The van der Waals surface area contributed by atoms with Gasteiger partial charge in [-0.1, -0.05) is 43.3 Å². The summed E-state index contributed by atoms with van der Waals surface area (Å²) < 4.78 is 42.1. The maximum atomic E-state index is 13.5. The Labute approximate surface area is 289 Å². The Morgan fingerprint density at radius 2 is 1.98 bits per heavy atom. The topological polar surface area (TPSA) is 102 Å². The molecule has 1 amide bonds. The average Bonchev–Trinajstić information content (AvgIpc) is 3.18. The fourth-order valence-corrected chi connectivity index (χ4v) is 9.72. The third-order valence-electron chi connectivity index (χ3n) is 11.5. The van der Waals surface area contributed by atoms with Gasteiger partial charge in [-0.25, -0.2) is 13.1 Å². The summed E-state index contributed by atoms with van der Waals surface area (Å²) in [5.41, 5.74) is 2.78. The number of fused-ring (bicyclic) bond motifs is 4. The number of nitrogens with zero attached hydrogens (tertiary/aromatic N) is 1. The highest BCUT2D eigenvalue weighted by molar-refractivity contribution is 7.90. The maximum absolute atomic E-state index is 13.5. The van der Waals surface area contributed by atoms with Gasteiger partial charge in [0.05, 0.1) is 23.1 Å². The number of nitrogens with one attached hydrogen (secondary N) is 1. The number of rotatable bonds is 4. The number of ether oxygens (including phenoxy) is 2. The van der Waals surface area contributed by atoms with Crippen LogP contribution in [0.3, 0.4) is 0 Å². The van der Waals surface area contributed by atoms with E-state index in [9.17, 15) is 18.0 Å². The number of aryl methyl sites for hydroxylation is 1. The molecule has 1 saturated carbocycles. The third-order valence-corrected chi connectivity index (χ3v) is 13.7. The van der Waals surface area contributed by atoms with E-state index < -0.39 is 26.8 Å². The van der Waals surface area contributed by atoms with E-state index in [4.69, 9.17) is 21.1 Å². The van der Waals surface area contributed by atoms with Crippen molar-refractivity contribution in [3.63, 3.8) is 0 Å². The van der Waals surface area contributed by atoms with Crippen LogP contribution in [-0.4, -0.2) is 57.8 Å². The normalized spacial score (nSPS) is 32.0. The molecule has 0 unspecified atom stereocenters. The summed E-state index contributed by atoms with van der Waals surface area (Å²) >= 11 is 6.44. The highest BCUT2D eigenvalue weighted by atomic mass is 35.5. The van der Waals surface area contributed by atoms with Gasteiger partial charge in [0.2, 0.25) is 10.0 Å². The number of hydrogen-bond acceptors (Lipinski definition) is 7. The quantitative estimate of drug-likeness (QED) is 0.277. The smallest absolute Gasteiger partial charge is 0.264 e. The van der Waals surface area contributed by atoms with E-state index in [2.05, 4.69) is 28.3 Å². The summed E-state index contributed by atoms with van der Waals surface area (Å²) in [6.45, 7) is 10.9. The van der Waals surface area contributed by atoms with E-state index in [0.717, 1.165) is 37.8 Å². The molecule has 2 aromatic carbocycles. The van der Waals surface area contributed by atoms with Crippen molar-refractivity contribution >= 4 is 39.0 Å². The molecule has 0 saturated heterocycles. The number of amides is 1. The first-order chi connectivity index (χ1) is 22.8. The molecule has 258 valence electrons. The first-order valence-electron chi connectivity index (χ1n) is 17.1. The molecule has 2 bridgehead atoms. The zero-order chi connectivity index (χ0) is 34.4. The number of carbonyl (C=O) groups excluding carboxylic acids is 2. The molecule has 4 aliphatic rings. The first kappa shape index (κ1) is 34.7. The van der Waals surface area contributed by atoms with E-state index in [1.54, 1.807) is 39.2 Å². The van der Waals surface area contributed by atoms with Gasteiger partial charge in [-0.15, -0.1) is 0 Å². The van der Waals surface area contributed by atoms with Crippen molar-refractivity contribution < 1.29 is 27.5 Å². The van der Waals surface area contributed by atoms with Gasteiger partial charge in [0, 0.05) is 42.6 Å². The fraction of sp³-hybridized carbons (Fsp3) is 0.526. The summed E-state index contributed by atoms with van der Waals surface area (Å²) in [5, 5.41) is -0.126. The molecule has 8 nitrogen and oxygen atoms in total. The van der Waals surface area contributed by atoms with Crippen LogP contribution in [0.25, 0.3) is 0 Å². The van der Waals surface area contributed by atoms with Crippen LogP contribution < -0.4 is 14.4 Å². The van der Waals surface area contributed by atoms with E-state index in [1.165, 1.54) is 11.1 Å². The maximum Gasteiger partial charge on any atom is 0.264 e. The van der Waals surface area contributed by atoms with Gasteiger partial charge in [0.15, 0.2) is 5.78 Å². The molecule has 2 heterocycles. The molecule has 2 aromatic rings. The Kier molecular flexibility index (Phi) is 9.61. The molecule has 2 aliphatic carbocycles. The lowest BCUT2D eigenvalue weighted by Crippen LogP contribution is -2.53. The van der Waals surface area contributed by atoms with Crippen molar-refractivity contribution in [3.05, 3.63) is 82.4 Å². The number of ketones is 1. The van der Waals surface area contributed by atoms with Gasteiger partial charge in [-0.2, -0.15) is 0 Å². The minimum absolute atomic E-state index is 0.0407. The molecule has 1 fully saturated rings. The number of benzene rings is 2. The van der Waals surface area contributed by atoms with E-state index in [-0.39, 0.29) is 40.9 Å². The van der Waals surface area contributed by atoms with Crippen molar-refractivity contribution in [2.24, 2.45) is 17.8 Å². The van der Waals surface area contributed by atoms with Crippen molar-refractivity contribution in [2.45, 2.75) is 82.0 Å². The van der Waals surface area contributed by atoms with Crippen LogP contribution in [0.5, 0.6) is 5.75 Å². The number of Topliss-reactive ketones (excluding diaryl/α,β-unsaturated/α-hetero) is 1. The molecule has 0 radical (unpaired) electrons. The molecule has 0 aromatic heterocycles. The molecule has 6 atom stereocenters. The van der Waals surface area contributed by atoms with Gasteiger partial charge >= 0.3 is 0 Å². The van der Waals surface area contributed by atoms with Crippen LogP contribution in [0, 0.1) is 17.8 Å². The molecule has 2 aliphatic heterocycles. The monoisotopic (exact) mass is 694 g/mol. The molecular formula is C38H47ClN2O6S. The van der Waals surface area contributed by atoms with Crippen molar-refractivity contribution in [1.29, 1.82) is 0 Å². The zero-order valence-corrected chi connectivity index (χ0v) is 30.0. The molecule has 48 heavy (non-hydrogen) atoms. The van der Waals surface area contributed by atoms with Gasteiger partial charge in [-0.3, -0.25) is 9.59 Å². The van der Waals surface area contributed by atoms with Crippen LogP contribution >= 0.6 is 11.6 Å². The molecule has 1 N–H and O–H groups in total. The summed E-state index contributed by atoms with van der Waals surface area (Å²) in [7, 11) is -2.33. The average molecular weight is 695 g/mol. The SMILES string of the molecule is C=C(C)C(=O)C[C@]1(OC)/C=C/C[C@H](C)[C@@H](C)S(=O)(=O)NC(=O)c2ccc3c(c2)N(C[C@@H]2CC[C@H]21)C[C@@]1(CCCc2cc(Cl)ccc21)CO3. The number of carbonyl (C=O) groups is 2. The molecule has 10 heteroatoms. The lowest BCUT2D eigenvalue weighted by molar-refractivity contribution is -0.127. The van der Waals surface area contributed by atoms with E-state index >= 15 is 0 Å². The lowest BCUT2D eigenvalue weighted by atomic mass is 9.62. The fourth-order valence-electron chi connectivity index (χ4n) is 8.24. The van der Waals surface area contributed by atoms with E-state index in [0.29, 0.717) is 42.5 Å². The molecule has 1 spiro atoms. The van der Waals surface area contributed by atoms with Gasteiger partial charge in [0.25, 0.3) is 5.91 Å². The van der Waals surface area contributed by atoms with Crippen LogP contribution in [-0.2, 0) is 31.4 Å². The number of anilines is 1. The summed E-state index contributed by atoms with van der Waals surface area (Å²) in [5.74, 6) is -0.132. The van der Waals surface area contributed by atoms with Crippen LogP contribution in [0.2, 0.25) is 5.02 Å². The van der Waals surface area contributed by atoms with Gasteiger partial charge < -0.3 is 14.4 Å². The Morgan fingerprint density at radius 3 is 2.69 bits per heavy atom. The van der Waals surface area contributed by atoms with Crippen molar-refractivity contribution in [3.8, 4) is 5.75 Å². The van der Waals surface area contributed by atoms with Crippen LogP contribution in [0.1, 0.15) is 80.8 Å². The Balaban J connectivity index is 1.47. The second-order valence-corrected chi connectivity index (χ2v) is 17.0. The predicted molar refractivity (Wildman–Crippen MR) is 189 cm³/mol. The Morgan fingerprint density at radius 1 is 1.19 bits per heavy atom. The number of sulfonamides is 1. The summed E-state index contributed by atoms with van der Waals surface area (Å²) in [6.07, 6.45) is 9.27. The number of allylic oxidation sites excluding steroid dienone is 2. The number of methoxy groups -OCH3 is 1. The summed E-state index contributed by atoms with van der Waals surface area (Å²) in [6, 6.07) is 11.3. The highest BCUT2D eigenvalue weighted by Gasteiger charge is 2.50. The number of hydrogen-bond donors (Lipinski definition) is 1. The molecule has 6 rings (SSSR count). The second-order valence-electron chi connectivity index (χ2n) is 14.6. The van der Waals surface area contributed by atoms with Crippen LogP contribution in [0.4, 0.5) is 5.69 Å².